The summed E-state index contributed by atoms with van der Waals surface area (Å²) in [6.45, 7) is 8.46. The first-order valence-corrected chi connectivity index (χ1v) is 6.13. The molecule has 2 atom stereocenters. The van der Waals surface area contributed by atoms with Gasteiger partial charge in [0.25, 0.3) is 0 Å². The van der Waals surface area contributed by atoms with E-state index in [0.29, 0.717) is 6.61 Å². The molecule has 0 saturated carbocycles. The summed E-state index contributed by atoms with van der Waals surface area (Å²) in [6, 6.07) is -0.495. The monoisotopic (exact) mass is 234 g/mol. The molecule has 0 aromatic heterocycles. The maximum atomic E-state index is 11.3. The summed E-state index contributed by atoms with van der Waals surface area (Å²) in [5, 5.41) is 2.50. The Kier molecular flexibility index (Phi) is 6.70. The van der Waals surface area contributed by atoms with Gasteiger partial charge in [0.1, 0.15) is 14.7 Å². The molecule has 15 heavy (non-hydrogen) atoms. The van der Waals surface area contributed by atoms with E-state index < -0.39 is 14.7 Å². The van der Waals surface area contributed by atoms with E-state index in [-0.39, 0.29) is 11.4 Å². The molecule has 0 spiro atoms. The van der Waals surface area contributed by atoms with Crippen molar-refractivity contribution in [1.29, 1.82) is 0 Å². The SMILES string of the molecule is CCC(C)(C)CCOC(=O)[C@H](C)N[PH]=O. The Bertz CT molecular complexity index is 219. The molecule has 0 aliphatic carbocycles. The van der Waals surface area contributed by atoms with Gasteiger partial charge in [-0.15, -0.1) is 0 Å². The van der Waals surface area contributed by atoms with Crippen LogP contribution in [0, 0.1) is 5.41 Å². The molecule has 0 amide bonds. The van der Waals surface area contributed by atoms with E-state index in [1.807, 2.05) is 0 Å². The average molecular weight is 234 g/mol. The van der Waals surface area contributed by atoms with E-state index in [1.165, 1.54) is 0 Å². The van der Waals surface area contributed by atoms with Crippen molar-refractivity contribution in [1.82, 2.24) is 5.09 Å². The lowest BCUT2D eigenvalue weighted by atomic mass is 9.87. The van der Waals surface area contributed by atoms with Crippen LogP contribution in [0.2, 0.25) is 0 Å². The van der Waals surface area contributed by atoms with Gasteiger partial charge in [0.2, 0.25) is 0 Å². The Morgan fingerprint density at radius 2 is 2.13 bits per heavy atom. The van der Waals surface area contributed by atoms with E-state index in [0.717, 1.165) is 12.8 Å². The van der Waals surface area contributed by atoms with Crippen molar-refractivity contribution in [3.8, 4) is 0 Å². The molecule has 0 heterocycles. The second kappa shape index (κ2) is 6.91. The first kappa shape index (κ1) is 14.5. The van der Waals surface area contributed by atoms with Crippen molar-refractivity contribution in [2.75, 3.05) is 6.61 Å². The van der Waals surface area contributed by atoms with Gasteiger partial charge in [0.05, 0.1) is 6.61 Å². The number of esters is 1. The smallest absolute Gasteiger partial charge is 0.323 e. The summed E-state index contributed by atoms with van der Waals surface area (Å²) in [5.74, 6) is -0.342. The number of hydrogen-bond donors (Lipinski definition) is 1. The molecule has 0 aliphatic rings. The minimum Gasteiger partial charge on any atom is -0.464 e. The Morgan fingerprint density at radius 1 is 1.53 bits per heavy atom. The summed E-state index contributed by atoms with van der Waals surface area (Å²) in [6.07, 6.45) is 1.90. The van der Waals surface area contributed by atoms with Crippen LogP contribution < -0.4 is 5.09 Å². The molecular weight excluding hydrogens is 213 g/mol. The second-order valence-electron chi connectivity index (χ2n) is 4.40. The molecule has 0 aromatic rings. The standard InChI is InChI=1S/C10H21NO3P/c1-5-10(3,4)6-7-14-9(12)8(2)11-15-13/h8,15H,5-7H2,1-4H3,(H,11,13)/t8-/m0/s1. The van der Waals surface area contributed by atoms with Gasteiger partial charge in [-0.05, 0) is 18.8 Å². The third kappa shape index (κ3) is 6.58. The van der Waals surface area contributed by atoms with Crippen molar-refractivity contribution < 1.29 is 14.1 Å². The van der Waals surface area contributed by atoms with Gasteiger partial charge in [0.15, 0.2) is 0 Å². The topological polar surface area (TPSA) is 55.4 Å². The number of ether oxygens (including phenoxy) is 1. The quantitative estimate of drug-likeness (QED) is 0.542. The number of nitrogens with one attached hydrogen (secondary N) is 1. The molecule has 0 aliphatic heterocycles. The van der Waals surface area contributed by atoms with Crippen LogP contribution >= 0.6 is 8.61 Å². The van der Waals surface area contributed by atoms with Crippen LogP contribution in [0.1, 0.15) is 40.5 Å². The predicted octanol–water partition coefficient (Wildman–Crippen LogP) is 2.27. The van der Waals surface area contributed by atoms with Crippen LogP contribution in [-0.4, -0.2) is 18.6 Å². The van der Waals surface area contributed by atoms with Gasteiger partial charge in [-0.1, -0.05) is 27.2 Å². The van der Waals surface area contributed by atoms with Crippen LogP contribution in [0.4, 0.5) is 0 Å². The van der Waals surface area contributed by atoms with Gasteiger partial charge >= 0.3 is 5.97 Å². The fourth-order valence-corrected chi connectivity index (χ4v) is 1.17. The third-order valence-corrected chi connectivity index (χ3v) is 3.16. The van der Waals surface area contributed by atoms with Crippen LogP contribution in [0.25, 0.3) is 0 Å². The normalized spacial score (nSPS) is 13.9. The zero-order chi connectivity index (χ0) is 11.9. The number of carbonyl (C=O) groups excluding carboxylic acids is 1. The van der Waals surface area contributed by atoms with Gasteiger partial charge in [-0.2, -0.15) is 0 Å². The van der Waals surface area contributed by atoms with Crippen molar-refractivity contribution >= 4 is 14.6 Å². The zero-order valence-corrected chi connectivity index (χ0v) is 10.9. The highest BCUT2D eigenvalue weighted by Crippen LogP contribution is 2.23. The summed E-state index contributed by atoms with van der Waals surface area (Å²) in [5.41, 5.74) is 0.206. The fraction of sp³-hybridized carbons (Fsp3) is 0.900. The van der Waals surface area contributed by atoms with Gasteiger partial charge in [0, 0.05) is 0 Å². The highest BCUT2D eigenvalue weighted by atomic mass is 31.1. The Hall–Kier alpha value is -0.470. The van der Waals surface area contributed by atoms with Crippen LogP contribution in [0.15, 0.2) is 0 Å². The van der Waals surface area contributed by atoms with E-state index in [2.05, 4.69) is 25.9 Å². The number of rotatable bonds is 7. The Balaban J connectivity index is 3.77. The minimum absolute atomic E-state index is 0.206. The van der Waals surface area contributed by atoms with E-state index in [1.54, 1.807) is 6.92 Å². The molecule has 5 heteroatoms. The second-order valence-corrected chi connectivity index (χ2v) is 4.90. The molecule has 0 aromatic carbocycles. The lowest BCUT2D eigenvalue weighted by molar-refractivity contribution is -0.145. The van der Waals surface area contributed by atoms with Crippen molar-refractivity contribution in [2.24, 2.45) is 5.41 Å². The van der Waals surface area contributed by atoms with Gasteiger partial charge in [-0.3, -0.25) is 9.36 Å². The maximum Gasteiger partial charge on any atom is 0.323 e. The van der Waals surface area contributed by atoms with Crippen LogP contribution in [0.5, 0.6) is 0 Å². The Labute approximate surface area is 93.0 Å². The molecule has 1 N–H and O–H groups in total. The summed E-state index contributed by atoms with van der Waals surface area (Å²) in [7, 11) is -0.676. The van der Waals surface area contributed by atoms with Crippen LogP contribution in [-0.2, 0) is 14.1 Å². The maximum absolute atomic E-state index is 11.3. The van der Waals surface area contributed by atoms with E-state index in [4.69, 9.17) is 4.74 Å². The minimum atomic E-state index is -0.676. The number of hydrogen-bond acceptors (Lipinski definition) is 3. The lowest BCUT2D eigenvalue weighted by Gasteiger charge is -2.22. The van der Waals surface area contributed by atoms with Crippen LogP contribution in [0.3, 0.4) is 0 Å². The summed E-state index contributed by atoms with van der Waals surface area (Å²) >= 11 is 0. The highest BCUT2D eigenvalue weighted by Gasteiger charge is 2.17. The molecule has 0 bridgehead atoms. The average Bonchev–Trinajstić information content (AvgIpc) is 2.18. The molecule has 0 rings (SSSR count). The molecule has 1 radical (unpaired) electrons. The third-order valence-electron chi connectivity index (χ3n) is 2.61. The van der Waals surface area contributed by atoms with E-state index >= 15 is 0 Å². The van der Waals surface area contributed by atoms with Gasteiger partial charge in [-0.25, -0.2) is 5.09 Å². The first-order chi connectivity index (χ1) is 6.93. The van der Waals surface area contributed by atoms with E-state index in [9.17, 15) is 9.36 Å². The molecular formula is C10H21NO3P. The highest BCUT2D eigenvalue weighted by molar-refractivity contribution is 7.21. The van der Waals surface area contributed by atoms with Gasteiger partial charge < -0.3 is 4.74 Å². The Morgan fingerprint density at radius 3 is 2.60 bits per heavy atom. The molecule has 0 fully saturated rings. The number of carbonyl (C=O) groups is 1. The van der Waals surface area contributed by atoms with Crippen molar-refractivity contribution in [2.45, 2.75) is 46.6 Å². The first-order valence-electron chi connectivity index (χ1n) is 5.22. The zero-order valence-electron chi connectivity index (χ0n) is 9.92. The molecule has 0 saturated heterocycles. The molecule has 4 nitrogen and oxygen atoms in total. The van der Waals surface area contributed by atoms with Crippen molar-refractivity contribution in [3.05, 3.63) is 0 Å². The van der Waals surface area contributed by atoms with Crippen molar-refractivity contribution in [3.63, 3.8) is 0 Å². The fourth-order valence-electron chi connectivity index (χ4n) is 0.877. The lowest BCUT2D eigenvalue weighted by Crippen LogP contribution is -2.30. The molecule has 89 valence electrons. The largest absolute Gasteiger partial charge is 0.464 e. The summed E-state index contributed by atoms with van der Waals surface area (Å²) in [4.78, 5) is 11.3. The predicted molar refractivity (Wildman–Crippen MR) is 61.2 cm³/mol. The summed E-state index contributed by atoms with van der Waals surface area (Å²) < 4.78 is 15.3. The molecule has 1 unspecified atom stereocenters.